The summed E-state index contributed by atoms with van der Waals surface area (Å²) in [4.78, 5) is 9.56. The van der Waals surface area contributed by atoms with Crippen molar-refractivity contribution in [1.29, 1.82) is 0 Å². The summed E-state index contributed by atoms with van der Waals surface area (Å²) >= 11 is 0.941. The highest BCUT2D eigenvalue weighted by Gasteiger charge is 1.69. The number of hydrogen-bond acceptors (Lipinski definition) is 2. The summed E-state index contributed by atoms with van der Waals surface area (Å²) < 4.78 is 3.63. The molecule has 1 N–H and O–H groups in total. The van der Waals surface area contributed by atoms with E-state index in [9.17, 15) is 4.79 Å². The van der Waals surface area contributed by atoms with Crippen LogP contribution in [0.2, 0.25) is 0 Å². The molecular weight excluding hydrogens is 124 g/mol. The molecule has 0 radical (unpaired) electrons. The van der Waals surface area contributed by atoms with Gasteiger partial charge in [-0.1, -0.05) is 18.5 Å². The third-order valence-corrected chi connectivity index (χ3v) is 1.41. The van der Waals surface area contributed by atoms with Gasteiger partial charge in [-0.05, 0) is 6.42 Å². The fourth-order valence-electron chi connectivity index (χ4n) is 0.214. The minimum Gasteiger partial charge on any atom is -0.277 e. The van der Waals surface area contributed by atoms with Gasteiger partial charge in [0.15, 0.2) is 0 Å². The average Bonchev–Trinajstić information content (AvgIpc) is 1.81. The van der Waals surface area contributed by atoms with Crippen LogP contribution in [0.5, 0.6) is 0 Å². The number of nitrogens with zero attached hydrogens (tertiary/aromatic N) is 1. The quantitative estimate of drug-likeness (QED) is 0.318. The maximum atomic E-state index is 9.56. The number of nitrogens with one attached hydrogen (secondary N) is 1. The molecule has 0 heterocycles. The highest BCUT2D eigenvalue weighted by Crippen LogP contribution is 1.71. The van der Waals surface area contributed by atoms with Crippen molar-refractivity contribution in [2.75, 3.05) is 5.75 Å². The molecule has 0 aliphatic heterocycles. The number of rotatable bonds is 4. The molecule has 48 valence electrons. The highest BCUT2D eigenvalue weighted by molar-refractivity contribution is 7.68. The van der Waals surface area contributed by atoms with Crippen LogP contribution in [0.1, 0.15) is 13.3 Å². The van der Waals surface area contributed by atoms with Crippen molar-refractivity contribution in [2.24, 2.45) is 4.47 Å². The fourth-order valence-corrected chi connectivity index (χ4v) is 0.643. The van der Waals surface area contributed by atoms with Gasteiger partial charge in [0.1, 0.15) is 0 Å². The fraction of sp³-hybridized carbons (Fsp3) is 0.750. The Labute approximate surface area is 52.6 Å². The normalized spacial score (nSPS) is 10.6. The predicted molar refractivity (Wildman–Crippen MR) is 35.5 cm³/mol. The lowest BCUT2D eigenvalue weighted by molar-refractivity contribution is -0.109. The van der Waals surface area contributed by atoms with Crippen molar-refractivity contribution in [2.45, 2.75) is 13.3 Å². The molecule has 0 atom stereocenters. The van der Waals surface area contributed by atoms with E-state index in [2.05, 4.69) is 16.8 Å². The van der Waals surface area contributed by atoms with Crippen LogP contribution >= 0.6 is 0 Å². The standard InChI is InChI=1S/C4H10N2OS/c1-2-3-8-6-5-4-7/h4,8H,2-3H2,1H3,(H,5,7). The van der Waals surface area contributed by atoms with Crippen molar-refractivity contribution in [3.8, 4) is 0 Å². The van der Waals surface area contributed by atoms with E-state index in [1.165, 1.54) is 0 Å². The molecule has 0 saturated heterocycles. The molecule has 0 aromatic rings. The smallest absolute Gasteiger partial charge is 0.227 e. The van der Waals surface area contributed by atoms with Crippen LogP contribution < -0.4 is 5.43 Å². The van der Waals surface area contributed by atoms with E-state index in [1.807, 2.05) is 0 Å². The minimum atomic E-state index is 0.572. The number of thiol groups is 1. The summed E-state index contributed by atoms with van der Waals surface area (Å²) in [6, 6.07) is 0. The molecule has 4 heteroatoms. The van der Waals surface area contributed by atoms with Gasteiger partial charge in [0.25, 0.3) is 0 Å². The van der Waals surface area contributed by atoms with Crippen molar-refractivity contribution in [3.63, 3.8) is 0 Å². The van der Waals surface area contributed by atoms with E-state index >= 15 is 0 Å². The second kappa shape index (κ2) is 6.62. The molecule has 0 aliphatic rings. The van der Waals surface area contributed by atoms with Crippen LogP contribution in [0, 0.1) is 0 Å². The number of carbonyl (C=O) groups excluding carboxylic acids is 1. The molecule has 0 unspecified atom stereocenters. The summed E-state index contributed by atoms with van der Waals surface area (Å²) in [7, 11) is 0. The Morgan fingerprint density at radius 3 is 3.12 bits per heavy atom. The average molecular weight is 134 g/mol. The van der Waals surface area contributed by atoms with Gasteiger partial charge in [0.2, 0.25) is 6.41 Å². The molecule has 0 aromatic heterocycles. The molecule has 3 nitrogen and oxygen atoms in total. The SMILES string of the molecule is CCC[SH]=NNC=O. The number of carbonyl (C=O) groups is 1. The lowest BCUT2D eigenvalue weighted by atomic mass is 10.6. The first kappa shape index (κ1) is 7.62. The topological polar surface area (TPSA) is 41.5 Å². The van der Waals surface area contributed by atoms with Crippen LogP contribution in [0.25, 0.3) is 0 Å². The lowest BCUT2D eigenvalue weighted by Gasteiger charge is -1.82. The monoisotopic (exact) mass is 134 g/mol. The van der Waals surface area contributed by atoms with Gasteiger partial charge in [0, 0.05) is 5.75 Å². The molecule has 0 fully saturated rings. The summed E-state index contributed by atoms with van der Waals surface area (Å²) in [6.45, 7) is 2.07. The Balaban J connectivity index is 2.94. The second-order valence-electron chi connectivity index (χ2n) is 1.21. The first-order valence-corrected chi connectivity index (χ1v) is 3.50. The molecule has 0 spiro atoms. The maximum Gasteiger partial charge on any atom is 0.227 e. The van der Waals surface area contributed by atoms with E-state index in [4.69, 9.17) is 0 Å². The maximum absolute atomic E-state index is 9.56. The van der Waals surface area contributed by atoms with E-state index < -0.39 is 0 Å². The highest BCUT2D eigenvalue weighted by atomic mass is 32.1. The Morgan fingerprint density at radius 2 is 2.62 bits per heavy atom. The molecule has 0 bridgehead atoms. The van der Waals surface area contributed by atoms with Crippen molar-refractivity contribution in [1.82, 2.24) is 5.43 Å². The largest absolute Gasteiger partial charge is 0.277 e. The first-order chi connectivity index (χ1) is 3.91. The molecule has 8 heavy (non-hydrogen) atoms. The van der Waals surface area contributed by atoms with E-state index in [0.717, 1.165) is 23.7 Å². The summed E-state index contributed by atoms with van der Waals surface area (Å²) in [5, 5.41) is 0. The van der Waals surface area contributed by atoms with Crippen molar-refractivity contribution in [3.05, 3.63) is 0 Å². The third kappa shape index (κ3) is 5.62. The lowest BCUT2D eigenvalue weighted by Crippen LogP contribution is -1.98. The Bertz CT molecular complexity index is 84.1. The second-order valence-corrected chi connectivity index (χ2v) is 2.14. The Morgan fingerprint density at radius 1 is 1.88 bits per heavy atom. The van der Waals surface area contributed by atoms with Gasteiger partial charge in [-0.25, -0.2) is 5.43 Å². The van der Waals surface area contributed by atoms with E-state index in [1.54, 1.807) is 0 Å². The zero-order valence-corrected chi connectivity index (χ0v) is 5.69. The first-order valence-electron chi connectivity index (χ1n) is 2.47. The molecule has 0 rings (SSSR count). The van der Waals surface area contributed by atoms with Crippen LogP contribution in [-0.2, 0) is 16.4 Å². The third-order valence-electron chi connectivity index (χ3n) is 0.505. The van der Waals surface area contributed by atoms with Crippen LogP contribution in [0.4, 0.5) is 0 Å². The van der Waals surface area contributed by atoms with Gasteiger partial charge in [0.05, 0.1) is 0 Å². The van der Waals surface area contributed by atoms with Gasteiger partial charge in [-0.3, -0.25) is 4.79 Å². The van der Waals surface area contributed by atoms with Gasteiger partial charge < -0.3 is 0 Å². The Kier molecular flexibility index (Phi) is 6.31. The summed E-state index contributed by atoms with van der Waals surface area (Å²) in [5.74, 6) is 1.01. The van der Waals surface area contributed by atoms with Crippen molar-refractivity contribution >= 4 is 18.0 Å². The molecule has 0 saturated carbocycles. The predicted octanol–water partition coefficient (Wildman–Crippen LogP) is 0.0559. The van der Waals surface area contributed by atoms with E-state index in [-0.39, 0.29) is 0 Å². The Hall–Kier alpha value is -0.380. The molecule has 1 amide bonds. The molecule has 0 aliphatic carbocycles. The van der Waals surface area contributed by atoms with Crippen LogP contribution in [0.3, 0.4) is 0 Å². The van der Waals surface area contributed by atoms with Gasteiger partial charge in [-0.2, -0.15) is 4.47 Å². The summed E-state index contributed by atoms with van der Waals surface area (Å²) in [5.41, 5.74) is 2.22. The number of hydrogen-bond donors (Lipinski definition) is 2. The van der Waals surface area contributed by atoms with Gasteiger partial charge >= 0.3 is 0 Å². The zero-order chi connectivity index (χ0) is 6.24. The van der Waals surface area contributed by atoms with Crippen LogP contribution in [0.15, 0.2) is 4.47 Å². The summed E-state index contributed by atoms with van der Waals surface area (Å²) in [6.07, 6.45) is 1.67. The minimum absolute atomic E-state index is 0.572. The molecular formula is C4H10N2OS. The molecule has 0 aromatic carbocycles. The van der Waals surface area contributed by atoms with Crippen molar-refractivity contribution < 1.29 is 4.79 Å². The van der Waals surface area contributed by atoms with E-state index in [0.29, 0.717) is 6.41 Å². The number of amides is 1. The van der Waals surface area contributed by atoms with Gasteiger partial charge in [-0.15, -0.1) is 0 Å². The zero-order valence-electron chi connectivity index (χ0n) is 4.79. The van der Waals surface area contributed by atoms with Crippen LogP contribution in [-0.4, -0.2) is 12.2 Å².